The summed E-state index contributed by atoms with van der Waals surface area (Å²) in [5.41, 5.74) is 4.17. The van der Waals surface area contributed by atoms with E-state index in [9.17, 15) is 0 Å². The molecule has 1 aliphatic heterocycles. The molecule has 0 amide bonds. The van der Waals surface area contributed by atoms with Gasteiger partial charge in [0.2, 0.25) is 0 Å². The van der Waals surface area contributed by atoms with E-state index >= 15 is 0 Å². The van der Waals surface area contributed by atoms with Gasteiger partial charge in [0.05, 0.1) is 5.69 Å². The molecular formula is C14H26N4S2. The van der Waals surface area contributed by atoms with Crippen molar-refractivity contribution >= 4 is 23.5 Å². The van der Waals surface area contributed by atoms with Crippen molar-refractivity contribution in [3.05, 3.63) is 18.0 Å². The van der Waals surface area contributed by atoms with E-state index in [1.807, 2.05) is 4.68 Å². The predicted octanol–water partition coefficient (Wildman–Crippen LogP) is 2.47. The van der Waals surface area contributed by atoms with Crippen molar-refractivity contribution in [2.24, 2.45) is 5.84 Å². The molecule has 114 valence electrons. The van der Waals surface area contributed by atoms with Crippen LogP contribution in [0.25, 0.3) is 0 Å². The van der Waals surface area contributed by atoms with Crippen molar-refractivity contribution in [3.63, 3.8) is 0 Å². The van der Waals surface area contributed by atoms with Gasteiger partial charge in [-0.2, -0.15) is 28.6 Å². The average Bonchev–Trinajstić information content (AvgIpc) is 2.93. The monoisotopic (exact) mass is 314 g/mol. The molecule has 1 aromatic heterocycles. The summed E-state index contributed by atoms with van der Waals surface area (Å²) in [5.74, 6) is 8.32. The van der Waals surface area contributed by atoms with Crippen molar-refractivity contribution in [2.45, 2.75) is 56.2 Å². The van der Waals surface area contributed by atoms with Crippen LogP contribution in [0.3, 0.4) is 0 Å². The molecule has 20 heavy (non-hydrogen) atoms. The van der Waals surface area contributed by atoms with Gasteiger partial charge in [-0.05, 0) is 26.3 Å². The molecular weight excluding hydrogens is 288 g/mol. The van der Waals surface area contributed by atoms with Gasteiger partial charge in [0.15, 0.2) is 0 Å². The number of nitrogens with zero attached hydrogens (tertiary/aromatic N) is 2. The van der Waals surface area contributed by atoms with E-state index in [2.05, 4.69) is 67.1 Å². The minimum atomic E-state index is 0.299. The summed E-state index contributed by atoms with van der Waals surface area (Å²) in [6.45, 7) is 6.57. The molecule has 0 aromatic carbocycles. The van der Waals surface area contributed by atoms with Crippen LogP contribution in [0.15, 0.2) is 12.3 Å². The van der Waals surface area contributed by atoms with E-state index in [0.717, 1.165) is 12.1 Å². The van der Waals surface area contributed by atoms with Gasteiger partial charge in [-0.15, -0.1) is 0 Å². The number of nitrogens with two attached hydrogens (primary N) is 1. The van der Waals surface area contributed by atoms with Crippen LogP contribution >= 0.6 is 23.5 Å². The number of hydrogen-bond acceptors (Lipinski definition) is 5. The third-order valence-electron chi connectivity index (χ3n) is 3.73. The van der Waals surface area contributed by atoms with Gasteiger partial charge in [0.1, 0.15) is 0 Å². The molecule has 3 atom stereocenters. The summed E-state index contributed by atoms with van der Waals surface area (Å²) in [6, 6.07) is 2.83. The molecule has 0 saturated carbocycles. The smallest absolute Gasteiger partial charge is 0.0641 e. The van der Waals surface area contributed by atoms with Gasteiger partial charge in [0, 0.05) is 46.7 Å². The Kier molecular flexibility index (Phi) is 6.26. The fourth-order valence-corrected chi connectivity index (χ4v) is 5.83. The lowest BCUT2D eigenvalue weighted by Gasteiger charge is -2.35. The Balaban J connectivity index is 2.03. The summed E-state index contributed by atoms with van der Waals surface area (Å²) < 4.78 is 2.02. The predicted molar refractivity (Wildman–Crippen MR) is 90.2 cm³/mol. The van der Waals surface area contributed by atoms with E-state index in [1.165, 1.54) is 17.9 Å². The van der Waals surface area contributed by atoms with Crippen LogP contribution in [0.2, 0.25) is 0 Å². The molecule has 2 rings (SSSR count). The molecule has 0 bridgehead atoms. The lowest BCUT2D eigenvalue weighted by Crippen LogP contribution is -2.49. The number of rotatable bonds is 6. The summed E-state index contributed by atoms with van der Waals surface area (Å²) in [5, 5.41) is 5.92. The Labute approximate surface area is 130 Å². The van der Waals surface area contributed by atoms with E-state index in [0.29, 0.717) is 22.6 Å². The second-order valence-corrected chi connectivity index (χ2v) is 8.14. The number of hydrogen-bond donors (Lipinski definition) is 2. The van der Waals surface area contributed by atoms with Crippen molar-refractivity contribution in [1.82, 2.24) is 15.2 Å². The normalized spacial score (nSPS) is 25.1. The Bertz CT molecular complexity index is 408. The van der Waals surface area contributed by atoms with E-state index in [-0.39, 0.29) is 0 Å². The third kappa shape index (κ3) is 3.93. The van der Waals surface area contributed by atoms with Crippen molar-refractivity contribution in [1.29, 1.82) is 0 Å². The highest BCUT2D eigenvalue weighted by molar-refractivity contribution is 8.07. The fraction of sp³-hybridized carbons (Fsp3) is 0.786. The van der Waals surface area contributed by atoms with E-state index in [1.54, 1.807) is 0 Å². The van der Waals surface area contributed by atoms with Crippen LogP contribution in [0.5, 0.6) is 0 Å². The first-order valence-corrected chi connectivity index (χ1v) is 9.48. The zero-order valence-corrected chi connectivity index (χ0v) is 14.2. The standard InChI is InChI=1S/C14H26N4S2/c1-4-13-14(20-8-7-19-13)12(16-15)9-11-5-6-18(17-11)10(2)3/h5-6,10,12-14,16H,4,7-9,15H2,1-3H3. The van der Waals surface area contributed by atoms with Crippen LogP contribution < -0.4 is 11.3 Å². The lowest BCUT2D eigenvalue weighted by atomic mass is 10.0. The Morgan fingerprint density at radius 2 is 2.20 bits per heavy atom. The quantitative estimate of drug-likeness (QED) is 0.624. The highest BCUT2D eigenvalue weighted by atomic mass is 32.2. The first-order chi connectivity index (χ1) is 9.65. The topological polar surface area (TPSA) is 55.9 Å². The maximum Gasteiger partial charge on any atom is 0.0641 e. The largest absolute Gasteiger partial charge is 0.271 e. The first kappa shape index (κ1) is 16.2. The molecule has 1 aromatic rings. The van der Waals surface area contributed by atoms with Crippen LogP contribution in [0, 0.1) is 0 Å². The second-order valence-electron chi connectivity index (χ2n) is 5.51. The van der Waals surface area contributed by atoms with Gasteiger partial charge in [-0.3, -0.25) is 16.0 Å². The van der Waals surface area contributed by atoms with Crippen molar-refractivity contribution in [3.8, 4) is 0 Å². The molecule has 1 fully saturated rings. The van der Waals surface area contributed by atoms with Gasteiger partial charge < -0.3 is 0 Å². The van der Waals surface area contributed by atoms with Gasteiger partial charge in [-0.1, -0.05) is 6.92 Å². The minimum absolute atomic E-state index is 0.299. The fourth-order valence-electron chi connectivity index (χ4n) is 2.58. The molecule has 3 unspecified atom stereocenters. The summed E-state index contributed by atoms with van der Waals surface area (Å²) >= 11 is 4.16. The summed E-state index contributed by atoms with van der Waals surface area (Å²) in [4.78, 5) is 0. The second kappa shape index (κ2) is 7.73. The van der Waals surface area contributed by atoms with Crippen LogP contribution in [-0.4, -0.2) is 37.8 Å². The van der Waals surface area contributed by atoms with Gasteiger partial charge in [0.25, 0.3) is 0 Å². The van der Waals surface area contributed by atoms with E-state index < -0.39 is 0 Å². The van der Waals surface area contributed by atoms with Crippen molar-refractivity contribution in [2.75, 3.05) is 11.5 Å². The Morgan fingerprint density at radius 3 is 2.80 bits per heavy atom. The average molecular weight is 315 g/mol. The Morgan fingerprint density at radius 1 is 1.45 bits per heavy atom. The third-order valence-corrected chi connectivity index (χ3v) is 7.13. The lowest BCUT2D eigenvalue weighted by molar-refractivity contribution is 0.475. The maximum absolute atomic E-state index is 5.83. The first-order valence-electron chi connectivity index (χ1n) is 7.39. The number of hydrazine groups is 1. The SMILES string of the molecule is CCC1SCCSC1C(Cc1ccn(C(C)C)n1)NN. The molecule has 4 nitrogen and oxygen atoms in total. The van der Waals surface area contributed by atoms with Gasteiger partial charge in [-0.25, -0.2) is 0 Å². The molecule has 3 N–H and O–H groups in total. The molecule has 0 aliphatic carbocycles. The molecule has 1 aliphatic rings. The maximum atomic E-state index is 5.83. The Hall–Kier alpha value is -0.170. The number of thioether (sulfide) groups is 2. The molecule has 1 saturated heterocycles. The molecule has 6 heteroatoms. The molecule has 0 radical (unpaired) electrons. The van der Waals surface area contributed by atoms with Crippen LogP contribution in [0.4, 0.5) is 0 Å². The highest BCUT2D eigenvalue weighted by Gasteiger charge is 2.32. The number of nitrogens with one attached hydrogen (secondary N) is 1. The number of aromatic nitrogens is 2. The highest BCUT2D eigenvalue weighted by Crippen LogP contribution is 2.35. The molecule has 2 heterocycles. The molecule has 0 spiro atoms. The summed E-state index contributed by atoms with van der Waals surface area (Å²) in [6.07, 6.45) is 4.18. The van der Waals surface area contributed by atoms with Gasteiger partial charge >= 0.3 is 0 Å². The van der Waals surface area contributed by atoms with Crippen LogP contribution in [0.1, 0.15) is 38.9 Å². The minimum Gasteiger partial charge on any atom is -0.271 e. The van der Waals surface area contributed by atoms with Crippen LogP contribution in [-0.2, 0) is 6.42 Å². The summed E-state index contributed by atoms with van der Waals surface area (Å²) in [7, 11) is 0. The zero-order chi connectivity index (χ0) is 14.5. The zero-order valence-electron chi connectivity index (χ0n) is 12.6. The van der Waals surface area contributed by atoms with E-state index in [4.69, 9.17) is 5.84 Å². The van der Waals surface area contributed by atoms with Crippen molar-refractivity contribution < 1.29 is 0 Å².